The third-order valence-electron chi connectivity index (χ3n) is 3.01. The highest BCUT2D eigenvalue weighted by Crippen LogP contribution is 2.24. The number of hydrogen-bond acceptors (Lipinski definition) is 1. The number of carbonyl (C=O) groups excluding carboxylic acids is 1. The molecular formula is C15H9Cl2FN2O. The van der Waals surface area contributed by atoms with Crippen molar-refractivity contribution in [1.82, 2.24) is 4.98 Å². The fourth-order valence-corrected chi connectivity index (χ4v) is 2.63. The Hall–Kier alpha value is -2.04. The van der Waals surface area contributed by atoms with Gasteiger partial charge in [0.25, 0.3) is 5.91 Å². The Balaban J connectivity index is 1.95. The fraction of sp³-hybridized carbons (Fsp3) is 0. The Kier molecular flexibility index (Phi) is 3.57. The van der Waals surface area contributed by atoms with Crippen molar-refractivity contribution in [2.24, 2.45) is 0 Å². The molecule has 2 aromatic carbocycles. The SMILES string of the molecule is O=C(Nc1cc(Cl)cc(Cl)c1)c1c[nH]c2ccc(F)cc12. The van der Waals surface area contributed by atoms with Gasteiger partial charge in [0.2, 0.25) is 0 Å². The summed E-state index contributed by atoms with van der Waals surface area (Å²) in [6.45, 7) is 0. The van der Waals surface area contributed by atoms with E-state index < -0.39 is 5.82 Å². The van der Waals surface area contributed by atoms with E-state index in [4.69, 9.17) is 23.2 Å². The molecule has 0 fully saturated rings. The Labute approximate surface area is 129 Å². The zero-order valence-corrected chi connectivity index (χ0v) is 12.1. The first-order valence-electron chi connectivity index (χ1n) is 6.07. The molecule has 0 radical (unpaired) electrons. The van der Waals surface area contributed by atoms with Crippen LogP contribution in [0.3, 0.4) is 0 Å². The van der Waals surface area contributed by atoms with E-state index in [2.05, 4.69) is 10.3 Å². The number of H-pyrrole nitrogens is 1. The van der Waals surface area contributed by atoms with E-state index in [0.717, 1.165) is 0 Å². The van der Waals surface area contributed by atoms with Crippen LogP contribution in [-0.2, 0) is 0 Å². The lowest BCUT2D eigenvalue weighted by Crippen LogP contribution is -2.11. The molecule has 21 heavy (non-hydrogen) atoms. The lowest BCUT2D eigenvalue weighted by atomic mass is 10.1. The molecule has 0 saturated carbocycles. The number of aromatic amines is 1. The highest BCUT2D eigenvalue weighted by atomic mass is 35.5. The van der Waals surface area contributed by atoms with Crippen molar-refractivity contribution in [3.63, 3.8) is 0 Å². The second-order valence-corrected chi connectivity index (χ2v) is 5.38. The normalized spacial score (nSPS) is 10.8. The minimum atomic E-state index is -0.401. The summed E-state index contributed by atoms with van der Waals surface area (Å²) in [5, 5.41) is 4.04. The van der Waals surface area contributed by atoms with Crippen LogP contribution in [-0.4, -0.2) is 10.9 Å². The van der Waals surface area contributed by atoms with E-state index in [0.29, 0.717) is 32.2 Å². The molecule has 0 spiro atoms. The van der Waals surface area contributed by atoms with Gasteiger partial charge in [0, 0.05) is 32.8 Å². The average molecular weight is 323 g/mol. The van der Waals surface area contributed by atoms with Crippen molar-refractivity contribution in [2.75, 3.05) is 5.32 Å². The molecule has 0 aliphatic carbocycles. The van der Waals surface area contributed by atoms with E-state index in [1.807, 2.05) is 0 Å². The van der Waals surface area contributed by atoms with Gasteiger partial charge in [0.05, 0.1) is 5.56 Å². The van der Waals surface area contributed by atoms with E-state index >= 15 is 0 Å². The fourth-order valence-electron chi connectivity index (χ4n) is 2.11. The first kappa shape index (κ1) is 13.9. The largest absolute Gasteiger partial charge is 0.360 e. The lowest BCUT2D eigenvalue weighted by Gasteiger charge is -2.05. The molecule has 0 unspecified atom stereocenters. The van der Waals surface area contributed by atoms with Crippen LogP contribution in [0.4, 0.5) is 10.1 Å². The maximum absolute atomic E-state index is 13.3. The van der Waals surface area contributed by atoms with Gasteiger partial charge in [-0.15, -0.1) is 0 Å². The third kappa shape index (κ3) is 2.86. The van der Waals surface area contributed by atoms with Crippen LogP contribution >= 0.6 is 23.2 Å². The second kappa shape index (κ2) is 5.39. The van der Waals surface area contributed by atoms with Crippen LogP contribution in [0.1, 0.15) is 10.4 Å². The number of fused-ring (bicyclic) bond motifs is 1. The van der Waals surface area contributed by atoms with Gasteiger partial charge in [0.15, 0.2) is 0 Å². The van der Waals surface area contributed by atoms with Crippen molar-refractivity contribution >= 4 is 45.7 Å². The molecule has 0 aliphatic heterocycles. The summed E-state index contributed by atoms with van der Waals surface area (Å²) in [7, 11) is 0. The van der Waals surface area contributed by atoms with Crippen molar-refractivity contribution in [3.8, 4) is 0 Å². The molecule has 0 bridgehead atoms. The van der Waals surface area contributed by atoms with Crippen LogP contribution in [0.25, 0.3) is 10.9 Å². The van der Waals surface area contributed by atoms with Crippen LogP contribution < -0.4 is 5.32 Å². The van der Waals surface area contributed by atoms with Crippen LogP contribution in [0.5, 0.6) is 0 Å². The van der Waals surface area contributed by atoms with Gasteiger partial charge in [-0.1, -0.05) is 23.2 Å². The molecule has 3 aromatic rings. The van der Waals surface area contributed by atoms with Gasteiger partial charge in [-0.05, 0) is 36.4 Å². The number of halogens is 3. The van der Waals surface area contributed by atoms with Gasteiger partial charge < -0.3 is 10.3 Å². The standard InChI is InChI=1S/C15H9Cl2FN2O/c16-8-3-9(17)5-11(4-8)20-15(21)13-7-19-14-2-1-10(18)6-12(13)14/h1-7,19H,(H,20,21). The van der Waals surface area contributed by atoms with Gasteiger partial charge in [-0.2, -0.15) is 0 Å². The maximum Gasteiger partial charge on any atom is 0.257 e. The van der Waals surface area contributed by atoms with Crippen molar-refractivity contribution in [3.05, 3.63) is 64.0 Å². The van der Waals surface area contributed by atoms with Crippen molar-refractivity contribution in [1.29, 1.82) is 0 Å². The summed E-state index contributed by atoms with van der Waals surface area (Å²) >= 11 is 11.8. The number of carbonyl (C=O) groups is 1. The van der Waals surface area contributed by atoms with Crippen molar-refractivity contribution in [2.45, 2.75) is 0 Å². The van der Waals surface area contributed by atoms with E-state index in [9.17, 15) is 9.18 Å². The minimum absolute atomic E-state index is 0.348. The predicted molar refractivity (Wildman–Crippen MR) is 82.7 cm³/mol. The Morgan fingerprint density at radius 1 is 1.10 bits per heavy atom. The van der Waals surface area contributed by atoms with E-state index in [-0.39, 0.29) is 5.91 Å². The quantitative estimate of drug-likeness (QED) is 0.694. The Bertz CT molecular complexity index is 825. The molecule has 0 aliphatic rings. The van der Waals surface area contributed by atoms with Crippen LogP contribution in [0.2, 0.25) is 10.0 Å². The molecule has 2 N–H and O–H groups in total. The molecule has 0 saturated heterocycles. The number of hydrogen-bond donors (Lipinski definition) is 2. The summed E-state index contributed by atoms with van der Waals surface area (Å²) in [5.74, 6) is -0.771. The number of rotatable bonds is 2. The Morgan fingerprint density at radius 2 is 1.81 bits per heavy atom. The molecule has 3 rings (SSSR count). The predicted octanol–water partition coefficient (Wildman–Crippen LogP) is 4.87. The molecule has 106 valence electrons. The molecule has 6 heteroatoms. The van der Waals surface area contributed by atoms with Crippen LogP contribution in [0.15, 0.2) is 42.6 Å². The van der Waals surface area contributed by atoms with E-state index in [1.54, 1.807) is 24.3 Å². The summed E-state index contributed by atoms with van der Waals surface area (Å²) in [6.07, 6.45) is 1.53. The van der Waals surface area contributed by atoms with Crippen LogP contribution in [0, 0.1) is 5.82 Å². The van der Waals surface area contributed by atoms with Crippen molar-refractivity contribution < 1.29 is 9.18 Å². The van der Waals surface area contributed by atoms with Gasteiger partial charge >= 0.3 is 0 Å². The maximum atomic E-state index is 13.3. The molecule has 1 amide bonds. The number of benzene rings is 2. The summed E-state index contributed by atoms with van der Waals surface area (Å²) in [4.78, 5) is 15.2. The van der Waals surface area contributed by atoms with E-state index in [1.165, 1.54) is 18.3 Å². The van der Waals surface area contributed by atoms with Gasteiger partial charge in [-0.25, -0.2) is 4.39 Å². The average Bonchev–Trinajstić information content (AvgIpc) is 2.80. The number of amides is 1. The summed E-state index contributed by atoms with van der Waals surface area (Å²) in [5.41, 5.74) is 1.51. The number of anilines is 1. The first-order valence-corrected chi connectivity index (χ1v) is 6.82. The number of aromatic nitrogens is 1. The molecular weight excluding hydrogens is 314 g/mol. The highest BCUT2D eigenvalue weighted by molar-refractivity contribution is 6.35. The zero-order valence-electron chi connectivity index (χ0n) is 10.6. The number of nitrogens with one attached hydrogen (secondary N) is 2. The molecule has 1 aromatic heterocycles. The molecule has 0 atom stereocenters. The summed E-state index contributed by atoms with van der Waals surface area (Å²) in [6, 6.07) is 8.96. The smallest absolute Gasteiger partial charge is 0.257 e. The zero-order chi connectivity index (χ0) is 15.0. The van der Waals surface area contributed by atoms with Gasteiger partial charge in [-0.3, -0.25) is 4.79 Å². The first-order chi connectivity index (χ1) is 10.0. The molecule has 3 nitrogen and oxygen atoms in total. The Morgan fingerprint density at radius 3 is 2.52 bits per heavy atom. The molecule has 1 heterocycles. The minimum Gasteiger partial charge on any atom is -0.360 e. The third-order valence-corrected chi connectivity index (χ3v) is 3.45. The lowest BCUT2D eigenvalue weighted by molar-refractivity contribution is 0.102. The van der Waals surface area contributed by atoms with Gasteiger partial charge in [0.1, 0.15) is 5.82 Å². The topological polar surface area (TPSA) is 44.9 Å². The highest BCUT2D eigenvalue weighted by Gasteiger charge is 2.13. The summed E-state index contributed by atoms with van der Waals surface area (Å²) < 4.78 is 13.3. The monoisotopic (exact) mass is 322 g/mol. The second-order valence-electron chi connectivity index (χ2n) is 4.50.